The molecule has 3 nitrogen and oxygen atoms in total. The summed E-state index contributed by atoms with van der Waals surface area (Å²) >= 11 is 2.15. The Balaban J connectivity index is 2.24. The molecule has 0 aliphatic rings. The number of nitrogens with two attached hydrogens (primary N) is 1. The number of carbonyl (C=O) groups is 1. The molecule has 0 heterocycles. The van der Waals surface area contributed by atoms with Crippen LogP contribution < -0.4 is 11.1 Å². The van der Waals surface area contributed by atoms with Crippen LogP contribution in [0.25, 0.3) is 0 Å². The lowest BCUT2D eigenvalue weighted by Crippen LogP contribution is -2.15. The summed E-state index contributed by atoms with van der Waals surface area (Å²) in [6.07, 6.45) is 0. The minimum atomic E-state index is -0.110. The Morgan fingerprint density at radius 2 is 1.78 bits per heavy atom. The summed E-state index contributed by atoms with van der Waals surface area (Å²) in [6, 6.07) is 15.0. The van der Waals surface area contributed by atoms with E-state index in [1.165, 1.54) is 0 Å². The number of para-hydroxylation sites is 1. The molecule has 0 spiro atoms. The van der Waals surface area contributed by atoms with Crippen molar-refractivity contribution in [3.63, 3.8) is 0 Å². The second-order valence-corrected chi connectivity index (χ2v) is 4.96. The first kappa shape index (κ1) is 13.0. The first-order valence-corrected chi connectivity index (χ1v) is 6.64. The van der Waals surface area contributed by atoms with Crippen LogP contribution in [0.1, 0.15) is 15.9 Å². The molecule has 0 aliphatic heterocycles. The maximum absolute atomic E-state index is 12.1. The molecule has 18 heavy (non-hydrogen) atoms. The van der Waals surface area contributed by atoms with Gasteiger partial charge in [0.1, 0.15) is 0 Å². The minimum Gasteiger partial charge on any atom is -0.326 e. The number of hydrogen-bond acceptors (Lipinski definition) is 2. The monoisotopic (exact) mass is 352 g/mol. The van der Waals surface area contributed by atoms with Gasteiger partial charge in [-0.25, -0.2) is 0 Å². The fourth-order valence-corrected chi connectivity index (χ4v) is 2.29. The predicted octanol–water partition coefficient (Wildman–Crippen LogP) is 3.00. The topological polar surface area (TPSA) is 55.1 Å². The number of nitrogens with one attached hydrogen (secondary N) is 1. The van der Waals surface area contributed by atoms with Crippen molar-refractivity contribution in [1.29, 1.82) is 0 Å². The van der Waals surface area contributed by atoms with E-state index in [-0.39, 0.29) is 5.91 Å². The SMILES string of the molecule is NCc1ccccc1NC(=O)c1ccccc1I. The van der Waals surface area contributed by atoms with Crippen LogP contribution >= 0.6 is 22.6 Å². The van der Waals surface area contributed by atoms with Crippen LogP contribution in [0.3, 0.4) is 0 Å². The van der Waals surface area contributed by atoms with Crippen LogP contribution in [0.2, 0.25) is 0 Å². The smallest absolute Gasteiger partial charge is 0.256 e. The van der Waals surface area contributed by atoms with Crippen LogP contribution in [-0.4, -0.2) is 5.91 Å². The van der Waals surface area contributed by atoms with Gasteiger partial charge in [0.15, 0.2) is 0 Å². The predicted molar refractivity (Wildman–Crippen MR) is 81.4 cm³/mol. The van der Waals surface area contributed by atoms with E-state index >= 15 is 0 Å². The van der Waals surface area contributed by atoms with Gasteiger partial charge in [-0.05, 0) is 46.4 Å². The zero-order valence-corrected chi connectivity index (χ0v) is 11.8. The molecule has 2 aromatic rings. The van der Waals surface area contributed by atoms with Gasteiger partial charge in [0, 0.05) is 15.8 Å². The number of anilines is 1. The van der Waals surface area contributed by atoms with Crippen LogP contribution in [0.15, 0.2) is 48.5 Å². The molecule has 0 aliphatic carbocycles. The lowest BCUT2D eigenvalue weighted by molar-refractivity contribution is 0.102. The average Bonchev–Trinajstić information content (AvgIpc) is 2.39. The highest BCUT2D eigenvalue weighted by atomic mass is 127. The van der Waals surface area contributed by atoms with Crippen molar-refractivity contribution in [3.05, 3.63) is 63.2 Å². The van der Waals surface area contributed by atoms with E-state index in [0.29, 0.717) is 12.1 Å². The van der Waals surface area contributed by atoms with Gasteiger partial charge in [0.2, 0.25) is 0 Å². The minimum absolute atomic E-state index is 0.110. The summed E-state index contributed by atoms with van der Waals surface area (Å²) < 4.78 is 0.929. The van der Waals surface area contributed by atoms with E-state index in [4.69, 9.17) is 5.73 Å². The van der Waals surface area contributed by atoms with Crippen molar-refractivity contribution in [2.45, 2.75) is 6.54 Å². The van der Waals surface area contributed by atoms with E-state index < -0.39 is 0 Å². The maximum Gasteiger partial charge on any atom is 0.256 e. The lowest BCUT2D eigenvalue weighted by Gasteiger charge is -2.10. The molecule has 0 fully saturated rings. The third-order valence-electron chi connectivity index (χ3n) is 2.60. The van der Waals surface area contributed by atoms with Crippen molar-refractivity contribution in [1.82, 2.24) is 0 Å². The molecule has 0 saturated heterocycles. The lowest BCUT2D eigenvalue weighted by atomic mass is 10.1. The number of hydrogen-bond donors (Lipinski definition) is 2. The van der Waals surface area contributed by atoms with Crippen molar-refractivity contribution >= 4 is 34.2 Å². The van der Waals surface area contributed by atoms with Crippen molar-refractivity contribution in [2.24, 2.45) is 5.73 Å². The van der Waals surface area contributed by atoms with Gasteiger partial charge in [-0.3, -0.25) is 4.79 Å². The molecule has 4 heteroatoms. The van der Waals surface area contributed by atoms with E-state index in [9.17, 15) is 4.79 Å². The largest absolute Gasteiger partial charge is 0.326 e. The molecule has 1 amide bonds. The van der Waals surface area contributed by atoms with Gasteiger partial charge in [0.05, 0.1) is 5.56 Å². The van der Waals surface area contributed by atoms with Gasteiger partial charge in [0.25, 0.3) is 5.91 Å². The van der Waals surface area contributed by atoms with E-state index in [1.807, 2.05) is 48.5 Å². The molecule has 0 atom stereocenters. The summed E-state index contributed by atoms with van der Waals surface area (Å²) in [6.45, 7) is 0.405. The van der Waals surface area contributed by atoms with Gasteiger partial charge in [-0.2, -0.15) is 0 Å². The number of carbonyl (C=O) groups excluding carboxylic acids is 1. The summed E-state index contributed by atoms with van der Waals surface area (Å²) in [7, 11) is 0. The molecule has 0 radical (unpaired) electrons. The van der Waals surface area contributed by atoms with Gasteiger partial charge in [-0.1, -0.05) is 30.3 Å². The van der Waals surface area contributed by atoms with Gasteiger partial charge in [-0.15, -0.1) is 0 Å². The van der Waals surface area contributed by atoms with Gasteiger partial charge < -0.3 is 11.1 Å². The van der Waals surface area contributed by atoms with Crippen molar-refractivity contribution in [3.8, 4) is 0 Å². The third-order valence-corrected chi connectivity index (χ3v) is 3.54. The Kier molecular flexibility index (Phi) is 4.33. The highest BCUT2D eigenvalue weighted by Crippen LogP contribution is 2.17. The number of benzene rings is 2. The number of halogens is 1. The van der Waals surface area contributed by atoms with Crippen LogP contribution in [-0.2, 0) is 6.54 Å². The molecule has 0 saturated carbocycles. The Hall–Kier alpha value is -1.40. The number of amides is 1. The molecular weight excluding hydrogens is 339 g/mol. The molecule has 0 bridgehead atoms. The quantitative estimate of drug-likeness (QED) is 0.835. The fraction of sp³-hybridized carbons (Fsp3) is 0.0714. The Labute approximate surface area is 120 Å². The molecule has 3 N–H and O–H groups in total. The molecule has 0 aromatic heterocycles. The summed E-state index contributed by atoms with van der Waals surface area (Å²) in [4.78, 5) is 12.1. The van der Waals surface area contributed by atoms with Crippen molar-refractivity contribution in [2.75, 3.05) is 5.32 Å². The van der Waals surface area contributed by atoms with E-state index in [1.54, 1.807) is 0 Å². The van der Waals surface area contributed by atoms with Crippen molar-refractivity contribution < 1.29 is 4.79 Å². The molecular formula is C14H13IN2O. The molecule has 2 aromatic carbocycles. The van der Waals surface area contributed by atoms with Crippen LogP contribution in [0.4, 0.5) is 5.69 Å². The fourth-order valence-electron chi connectivity index (χ4n) is 1.66. The summed E-state index contributed by atoms with van der Waals surface area (Å²) in [5.74, 6) is -0.110. The highest BCUT2D eigenvalue weighted by molar-refractivity contribution is 14.1. The van der Waals surface area contributed by atoms with E-state index in [2.05, 4.69) is 27.9 Å². The van der Waals surface area contributed by atoms with Crippen LogP contribution in [0, 0.1) is 3.57 Å². The zero-order valence-electron chi connectivity index (χ0n) is 9.69. The maximum atomic E-state index is 12.1. The number of rotatable bonds is 3. The summed E-state index contributed by atoms with van der Waals surface area (Å²) in [5.41, 5.74) is 8.01. The van der Waals surface area contributed by atoms with Gasteiger partial charge >= 0.3 is 0 Å². The molecule has 92 valence electrons. The third kappa shape index (κ3) is 2.88. The highest BCUT2D eigenvalue weighted by Gasteiger charge is 2.10. The molecule has 2 rings (SSSR count). The average molecular weight is 352 g/mol. The normalized spacial score (nSPS) is 10.1. The van der Waals surface area contributed by atoms with E-state index in [0.717, 1.165) is 14.8 Å². The standard InChI is InChI=1S/C14H13IN2O/c15-12-7-3-2-6-11(12)14(18)17-13-8-4-1-5-10(13)9-16/h1-8H,9,16H2,(H,17,18). The Morgan fingerprint density at radius 3 is 2.50 bits per heavy atom. The first-order valence-electron chi connectivity index (χ1n) is 5.56. The first-order chi connectivity index (χ1) is 8.72. The second-order valence-electron chi connectivity index (χ2n) is 3.80. The Morgan fingerprint density at radius 1 is 1.11 bits per heavy atom. The second kappa shape index (κ2) is 5.97. The summed E-state index contributed by atoms with van der Waals surface area (Å²) in [5, 5.41) is 2.89. The zero-order chi connectivity index (χ0) is 13.0. The Bertz CT molecular complexity index is 569. The molecule has 0 unspecified atom stereocenters. The van der Waals surface area contributed by atoms with Crippen LogP contribution in [0.5, 0.6) is 0 Å².